The van der Waals surface area contributed by atoms with Crippen LogP contribution in [0.2, 0.25) is 0 Å². The van der Waals surface area contributed by atoms with E-state index < -0.39 is 0 Å². The van der Waals surface area contributed by atoms with Crippen molar-refractivity contribution in [1.29, 1.82) is 0 Å². The molecule has 1 aliphatic carbocycles. The summed E-state index contributed by atoms with van der Waals surface area (Å²) in [6.45, 7) is 5.43. The van der Waals surface area contributed by atoms with Crippen LogP contribution in [0.5, 0.6) is 0 Å². The van der Waals surface area contributed by atoms with Crippen LogP contribution >= 0.6 is 23.1 Å². The van der Waals surface area contributed by atoms with Crippen molar-refractivity contribution in [3.63, 3.8) is 0 Å². The van der Waals surface area contributed by atoms with Crippen molar-refractivity contribution in [1.82, 2.24) is 10.3 Å². The van der Waals surface area contributed by atoms with Gasteiger partial charge in [-0.25, -0.2) is 4.98 Å². The molecule has 0 radical (unpaired) electrons. The van der Waals surface area contributed by atoms with Gasteiger partial charge in [0, 0.05) is 34.7 Å². The highest BCUT2D eigenvalue weighted by atomic mass is 32.2. The summed E-state index contributed by atoms with van der Waals surface area (Å²) in [6.07, 6.45) is 10.4. The number of thiazole rings is 1. The SMILES string of the molecule is CCC(C)NCc1cnc(CSC2CCCCC2)s1. The van der Waals surface area contributed by atoms with E-state index >= 15 is 0 Å². The van der Waals surface area contributed by atoms with Crippen LogP contribution in [0.3, 0.4) is 0 Å². The molecule has 1 unspecified atom stereocenters. The molecule has 1 aromatic heterocycles. The van der Waals surface area contributed by atoms with Gasteiger partial charge in [-0.1, -0.05) is 26.2 Å². The number of aromatic nitrogens is 1. The average Bonchev–Trinajstić information content (AvgIpc) is 2.91. The molecule has 1 heterocycles. The van der Waals surface area contributed by atoms with E-state index in [-0.39, 0.29) is 0 Å². The van der Waals surface area contributed by atoms with E-state index in [2.05, 4.69) is 42.1 Å². The number of nitrogens with one attached hydrogen (secondary N) is 1. The molecule has 2 rings (SSSR count). The zero-order chi connectivity index (χ0) is 13.5. The van der Waals surface area contributed by atoms with Gasteiger partial charge in [0.05, 0.1) is 0 Å². The number of rotatable bonds is 7. The molecule has 0 aliphatic heterocycles. The topological polar surface area (TPSA) is 24.9 Å². The van der Waals surface area contributed by atoms with Gasteiger partial charge in [0.1, 0.15) is 5.01 Å². The molecule has 0 bridgehead atoms. The standard InChI is InChI=1S/C15H26N2S2/c1-3-12(2)16-9-14-10-17-15(19-14)11-18-13-7-5-4-6-8-13/h10,12-13,16H,3-9,11H2,1-2H3. The lowest BCUT2D eigenvalue weighted by atomic mass is 10.0. The monoisotopic (exact) mass is 298 g/mol. The molecule has 108 valence electrons. The lowest BCUT2D eigenvalue weighted by Crippen LogP contribution is -2.23. The summed E-state index contributed by atoms with van der Waals surface area (Å²) >= 11 is 4.00. The molecule has 0 saturated heterocycles. The van der Waals surface area contributed by atoms with Crippen molar-refractivity contribution in [2.24, 2.45) is 0 Å². The van der Waals surface area contributed by atoms with Crippen LogP contribution < -0.4 is 5.32 Å². The zero-order valence-corrected chi connectivity index (χ0v) is 13.8. The van der Waals surface area contributed by atoms with E-state index in [1.165, 1.54) is 48.4 Å². The van der Waals surface area contributed by atoms with Gasteiger partial charge in [-0.2, -0.15) is 11.8 Å². The first-order valence-corrected chi connectivity index (χ1v) is 9.43. The number of hydrogen-bond acceptors (Lipinski definition) is 4. The summed E-state index contributed by atoms with van der Waals surface area (Å²) in [7, 11) is 0. The maximum absolute atomic E-state index is 4.56. The van der Waals surface area contributed by atoms with Gasteiger partial charge in [0.25, 0.3) is 0 Å². The molecule has 1 fully saturated rings. The molecule has 1 saturated carbocycles. The second kappa shape index (κ2) is 8.28. The Hall–Kier alpha value is -0.0600. The summed E-state index contributed by atoms with van der Waals surface area (Å²) in [4.78, 5) is 5.94. The Morgan fingerprint density at radius 2 is 2.21 bits per heavy atom. The fourth-order valence-corrected chi connectivity index (χ4v) is 4.56. The molecule has 2 nitrogen and oxygen atoms in total. The molecule has 0 aromatic carbocycles. The molecule has 1 N–H and O–H groups in total. The summed E-state index contributed by atoms with van der Waals surface area (Å²) in [5, 5.41) is 5.72. The van der Waals surface area contributed by atoms with Crippen molar-refractivity contribution < 1.29 is 0 Å². The van der Waals surface area contributed by atoms with E-state index in [0.717, 1.165) is 17.5 Å². The van der Waals surface area contributed by atoms with Crippen LogP contribution in [-0.4, -0.2) is 16.3 Å². The molecular formula is C15H26N2S2. The summed E-state index contributed by atoms with van der Waals surface area (Å²) in [6, 6.07) is 0.599. The fourth-order valence-electron chi connectivity index (χ4n) is 2.34. The zero-order valence-electron chi connectivity index (χ0n) is 12.2. The van der Waals surface area contributed by atoms with Gasteiger partial charge in [0.15, 0.2) is 0 Å². The molecule has 1 atom stereocenters. The Balaban J connectivity index is 1.70. The van der Waals surface area contributed by atoms with Crippen molar-refractivity contribution in [3.05, 3.63) is 16.1 Å². The summed E-state index contributed by atoms with van der Waals surface area (Å²) in [5.74, 6) is 1.11. The Bertz CT molecular complexity index is 359. The van der Waals surface area contributed by atoms with Crippen LogP contribution in [0, 0.1) is 0 Å². The van der Waals surface area contributed by atoms with Crippen molar-refractivity contribution in [3.8, 4) is 0 Å². The largest absolute Gasteiger partial charge is 0.309 e. The minimum Gasteiger partial charge on any atom is -0.309 e. The van der Waals surface area contributed by atoms with Crippen molar-refractivity contribution in [2.75, 3.05) is 0 Å². The minimum atomic E-state index is 0.599. The smallest absolute Gasteiger partial charge is 0.103 e. The van der Waals surface area contributed by atoms with Gasteiger partial charge in [-0.05, 0) is 26.2 Å². The summed E-state index contributed by atoms with van der Waals surface area (Å²) in [5.41, 5.74) is 0. The third-order valence-corrected chi connectivity index (χ3v) is 6.40. The van der Waals surface area contributed by atoms with Gasteiger partial charge in [-0.15, -0.1) is 11.3 Å². The maximum atomic E-state index is 4.56. The highest BCUT2D eigenvalue weighted by molar-refractivity contribution is 7.99. The van der Waals surface area contributed by atoms with Crippen LogP contribution in [0.25, 0.3) is 0 Å². The first-order valence-electron chi connectivity index (χ1n) is 7.56. The first kappa shape index (κ1) is 15.3. The molecule has 19 heavy (non-hydrogen) atoms. The van der Waals surface area contributed by atoms with Gasteiger partial charge < -0.3 is 5.32 Å². The normalized spacial score (nSPS) is 18.6. The highest BCUT2D eigenvalue weighted by Gasteiger charge is 2.14. The predicted molar refractivity (Wildman–Crippen MR) is 86.9 cm³/mol. The maximum Gasteiger partial charge on any atom is 0.103 e. The molecular weight excluding hydrogens is 272 g/mol. The second-order valence-electron chi connectivity index (χ2n) is 5.48. The Morgan fingerprint density at radius 3 is 2.95 bits per heavy atom. The van der Waals surface area contributed by atoms with Crippen molar-refractivity contribution >= 4 is 23.1 Å². The Kier molecular flexibility index (Phi) is 6.68. The minimum absolute atomic E-state index is 0.599. The molecule has 0 spiro atoms. The predicted octanol–water partition coefficient (Wildman–Crippen LogP) is 4.60. The Labute approximate surface area is 125 Å². The average molecular weight is 299 g/mol. The Morgan fingerprint density at radius 1 is 1.42 bits per heavy atom. The van der Waals surface area contributed by atoms with E-state index in [9.17, 15) is 0 Å². The molecule has 1 aliphatic rings. The molecule has 0 amide bonds. The first-order chi connectivity index (χ1) is 9.28. The van der Waals surface area contributed by atoms with Gasteiger partial charge in [0.2, 0.25) is 0 Å². The fraction of sp³-hybridized carbons (Fsp3) is 0.800. The van der Waals surface area contributed by atoms with E-state index in [0.29, 0.717) is 6.04 Å². The third-order valence-electron chi connectivity index (χ3n) is 3.83. The van der Waals surface area contributed by atoms with Crippen LogP contribution in [0.1, 0.15) is 62.3 Å². The van der Waals surface area contributed by atoms with Crippen LogP contribution in [-0.2, 0) is 12.3 Å². The lowest BCUT2D eigenvalue weighted by molar-refractivity contribution is 0.516. The van der Waals surface area contributed by atoms with Crippen molar-refractivity contribution in [2.45, 2.75) is 76.0 Å². The van der Waals surface area contributed by atoms with Gasteiger partial charge >= 0.3 is 0 Å². The third kappa shape index (κ3) is 5.44. The number of hydrogen-bond donors (Lipinski definition) is 1. The van der Waals surface area contributed by atoms with Crippen LogP contribution in [0.15, 0.2) is 6.20 Å². The second-order valence-corrected chi connectivity index (χ2v) is 7.97. The van der Waals surface area contributed by atoms with E-state index in [1.807, 2.05) is 11.3 Å². The van der Waals surface area contributed by atoms with E-state index in [1.54, 1.807) is 0 Å². The molecule has 4 heteroatoms. The summed E-state index contributed by atoms with van der Waals surface area (Å²) < 4.78 is 0. The number of nitrogens with zero attached hydrogens (tertiary/aromatic N) is 1. The van der Waals surface area contributed by atoms with Gasteiger partial charge in [-0.3, -0.25) is 0 Å². The van der Waals surface area contributed by atoms with E-state index in [4.69, 9.17) is 0 Å². The quantitative estimate of drug-likeness (QED) is 0.796. The number of thioether (sulfide) groups is 1. The van der Waals surface area contributed by atoms with Crippen LogP contribution in [0.4, 0.5) is 0 Å². The molecule has 1 aromatic rings. The highest BCUT2D eigenvalue weighted by Crippen LogP contribution is 2.31. The lowest BCUT2D eigenvalue weighted by Gasteiger charge is -2.20.